The summed E-state index contributed by atoms with van der Waals surface area (Å²) in [6, 6.07) is 2.30. The standard InChI is InChI=1S/C14H20F2N2/c1-2-14(5-3-4-6-14)9-18-13-11(15)7-10(17)8-12(13)16/h7-8,18H,2-6,9,17H2,1H3. The minimum atomic E-state index is -0.614. The van der Waals surface area contributed by atoms with Crippen molar-refractivity contribution in [2.45, 2.75) is 39.0 Å². The highest BCUT2D eigenvalue weighted by molar-refractivity contribution is 5.54. The number of hydrogen-bond donors (Lipinski definition) is 2. The summed E-state index contributed by atoms with van der Waals surface area (Å²) in [7, 11) is 0. The molecule has 2 nitrogen and oxygen atoms in total. The van der Waals surface area contributed by atoms with Crippen molar-refractivity contribution in [3.05, 3.63) is 23.8 Å². The van der Waals surface area contributed by atoms with Gasteiger partial charge in [-0.05, 0) is 36.8 Å². The maximum Gasteiger partial charge on any atom is 0.151 e. The molecule has 0 bridgehead atoms. The lowest BCUT2D eigenvalue weighted by atomic mass is 9.83. The van der Waals surface area contributed by atoms with Crippen LogP contribution in [0.2, 0.25) is 0 Å². The second kappa shape index (κ2) is 5.12. The minimum Gasteiger partial charge on any atom is -0.399 e. The second-order valence-corrected chi connectivity index (χ2v) is 5.27. The van der Waals surface area contributed by atoms with Crippen molar-refractivity contribution in [3.63, 3.8) is 0 Å². The number of anilines is 2. The highest BCUT2D eigenvalue weighted by atomic mass is 19.1. The monoisotopic (exact) mass is 254 g/mol. The average Bonchev–Trinajstić information content (AvgIpc) is 2.77. The molecule has 1 aliphatic rings. The van der Waals surface area contributed by atoms with Crippen molar-refractivity contribution >= 4 is 11.4 Å². The van der Waals surface area contributed by atoms with Gasteiger partial charge in [0.1, 0.15) is 5.69 Å². The van der Waals surface area contributed by atoms with Gasteiger partial charge in [-0.25, -0.2) is 8.78 Å². The normalized spacial score (nSPS) is 17.9. The summed E-state index contributed by atoms with van der Waals surface area (Å²) in [6.07, 6.45) is 5.73. The summed E-state index contributed by atoms with van der Waals surface area (Å²) < 4.78 is 27.3. The van der Waals surface area contributed by atoms with Gasteiger partial charge in [0.25, 0.3) is 0 Å². The third-order valence-electron chi connectivity index (χ3n) is 4.12. The zero-order valence-electron chi connectivity index (χ0n) is 10.7. The van der Waals surface area contributed by atoms with Gasteiger partial charge in [0.05, 0.1) is 0 Å². The lowest BCUT2D eigenvalue weighted by Gasteiger charge is -2.28. The molecule has 0 unspecified atom stereocenters. The molecule has 4 heteroatoms. The molecule has 1 aliphatic carbocycles. The van der Waals surface area contributed by atoms with Crippen molar-refractivity contribution in [2.24, 2.45) is 5.41 Å². The zero-order valence-corrected chi connectivity index (χ0v) is 10.7. The summed E-state index contributed by atoms with van der Waals surface area (Å²) in [6.45, 7) is 2.77. The first-order chi connectivity index (χ1) is 8.56. The van der Waals surface area contributed by atoms with Gasteiger partial charge in [0, 0.05) is 12.2 Å². The number of halogens is 2. The molecule has 0 aromatic heterocycles. The lowest BCUT2D eigenvalue weighted by molar-refractivity contribution is 0.306. The van der Waals surface area contributed by atoms with Gasteiger partial charge < -0.3 is 11.1 Å². The Morgan fingerprint density at radius 2 is 1.78 bits per heavy atom. The van der Waals surface area contributed by atoms with Crippen LogP contribution in [0.5, 0.6) is 0 Å². The van der Waals surface area contributed by atoms with Crippen LogP contribution in [-0.2, 0) is 0 Å². The zero-order chi connectivity index (χ0) is 13.2. The van der Waals surface area contributed by atoms with Crippen LogP contribution in [0, 0.1) is 17.0 Å². The third kappa shape index (κ3) is 2.57. The van der Waals surface area contributed by atoms with Crippen LogP contribution in [-0.4, -0.2) is 6.54 Å². The van der Waals surface area contributed by atoms with E-state index < -0.39 is 11.6 Å². The molecular formula is C14H20F2N2. The number of nitrogens with two attached hydrogens (primary N) is 1. The molecule has 0 atom stereocenters. The molecule has 0 saturated heterocycles. The van der Waals surface area contributed by atoms with Gasteiger partial charge in [0.15, 0.2) is 11.6 Å². The van der Waals surface area contributed by atoms with Crippen LogP contribution < -0.4 is 11.1 Å². The Morgan fingerprint density at radius 3 is 2.28 bits per heavy atom. The predicted molar refractivity (Wildman–Crippen MR) is 70.5 cm³/mol. The topological polar surface area (TPSA) is 38.0 Å². The maximum absolute atomic E-state index is 13.6. The summed E-state index contributed by atoms with van der Waals surface area (Å²) in [5.41, 5.74) is 5.65. The maximum atomic E-state index is 13.6. The molecule has 1 fully saturated rings. The van der Waals surface area contributed by atoms with Gasteiger partial charge >= 0.3 is 0 Å². The van der Waals surface area contributed by atoms with E-state index >= 15 is 0 Å². The van der Waals surface area contributed by atoms with E-state index in [4.69, 9.17) is 5.73 Å². The van der Waals surface area contributed by atoms with Crippen LogP contribution in [0.3, 0.4) is 0 Å². The largest absolute Gasteiger partial charge is 0.399 e. The first kappa shape index (κ1) is 13.1. The van der Waals surface area contributed by atoms with Gasteiger partial charge in [-0.2, -0.15) is 0 Å². The molecule has 100 valence electrons. The van der Waals surface area contributed by atoms with E-state index in [2.05, 4.69) is 12.2 Å². The van der Waals surface area contributed by atoms with E-state index in [1.807, 2.05) is 0 Å². The van der Waals surface area contributed by atoms with Crippen molar-refractivity contribution in [1.29, 1.82) is 0 Å². The van der Waals surface area contributed by atoms with Gasteiger partial charge in [-0.1, -0.05) is 19.8 Å². The molecular weight excluding hydrogens is 234 g/mol. The van der Waals surface area contributed by atoms with E-state index in [0.717, 1.165) is 31.4 Å². The molecule has 1 aromatic rings. The predicted octanol–water partition coefficient (Wildman–Crippen LogP) is 3.93. The van der Waals surface area contributed by atoms with Gasteiger partial charge in [0.2, 0.25) is 0 Å². The van der Waals surface area contributed by atoms with Crippen molar-refractivity contribution in [2.75, 3.05) is 17.6 Å². The Kier molecular flexibility index (Phi) is 3.73. The second-order valence-electron chi connectivity index (χ2n) is 5.27. The highest BCUT2D eigenvalue weighted by Crippen LogP contribution is 2.41. The molecule has 0 heterocycles. The lowest BCUT2D eigenvalue weighted by Crippen LogP contribution is -2.26. The Bertz CT molecular complexity index is 403. The van der Waals surface area contributed by atoms with Crippen molar-refractivity contribution in [3.8, 4) is 0 Å². The molecule has 0 amide bonds. The molecule has 0 radical (unpaired) electrons. The first-order valence-corrected chi connectivity index (χ1v) is 6.55. The number of nitrogens with one attached hydrogen (secondary N) is 1. The smallest absolute Gasteiger partial charge is 0.151 e. The third-order valence-corrected chi connectivity index (χ3v) is 4.12. The van der Waals surface area contributed by atoms with Crippen molar-refractivity contribution < 1.29 is 8.78 Å². The first-order valence-electron chi connectivity index (χ1n) is 6.55. The fraction of sp³-hybridized carbons (Fsp3) is 0.571. The molecule has 18 heavy (non-hydrogen) atoms. The number of nitrogen functional groups attached to an aromatic ring is 1. The molecule has 0 spiro atoms. The molecule has 1 saturated carbocycles. The van der Waals surface area contributed by atoms with E-state index in [1.54, 1.807) is 0 Å². The van der Waals surface area contributed by atoms with E-state index in [-0.39, 0.29) is 16.8 Å². The SMILES string of the molecule is CCC1(CNc2c(F)cc(N)cc2F)CCCC1. The Balaban J connectivity index is 2.10. The van der Waals surface area contributed by atoms with Crippen LogP contribution in [0.1, 0.15) is 39.0 Å². The van der Waals surface area contributed by atoms with Crippen LogP contribution in [0.25, 0.3) is 0 Å². The van der Waals surface area contributed by atoms with Gasteiger partial charge in [-0.15, -0.1) is 0 Å². The molecule has 3 N–H and O–H groups in total. The number of hydrogen-bond acceptors (Lipinski definition) is 2. The molecule has 0 aliphatic heterocycles. The Labute approximate surface area is 107 Å². The quantitative estimate of drug-likeness (QED) is 0.799. The Morgan fingerprint density at radius 1 is 1.22 bits per heavy atom. The van der Waals surface area contributed by atoms with Crippen LogP contribution in [0.4, 0.5) is 20.2 Å². The van der Waals surface area contributed by atoms with Crippen LogP contribution >= 0.6 is 0 Å². The fourth-order valence-corrected chi connectivity index (χ4v) is 2.82. The van der Waals surface area contributed by atoms with E-state index in [1.165, 1.54) is 12.8 Å². The molecule has 1 aromatic carbocycles. The van der Waals surface area contributed by atoms with E-state index in [9.17, 15) is 8.78 Å². The number of rotatable bonds is 4. The minimum absolute atomic E-state index is 0.0519. The summed E-state index contributed by atoms with van der Waals surface area (Å²) in [5, 5.41) is 2.94. The van der Waals surface area contributed by atoms with Crippen LogP contribution in [0.15, 0.2) is 12.1 Å². The summed E-state index contributed by atoms with van der Waals surface area (Å²) in [4.78, 5) is 0. The van der Waals surface area contributed by atoms with E-state index in [0.29, 0.717) is 6.54 Å². The Hall–Kier alpha value is -1.32. The molecule has 2 rings (SSSR count). The van der Waals surface area contributed by atoms with Crippen molar-refractivity contribution in [1.82, 2.24) is 0 Å². The average molecular weight is 254 g/mol. The summed E-state index contributed by atoms with van der Waals surface area (Å²) in [5.74, 6) is -1.23. The summed E-state index contributed by atoms with van der Waals surface area (Å²) >= 11 is 0. The van der Waals surface area contributed by atoms with Gasteiger partial charge in [-0.3, -0.25) is 0 Å². The fourth-order valence-electron chi connectivity index (χ4n) is 2.82. The highest BCUT2D eigenvalue weighted by Gasteiger charge is 2.32. The number of benzene rings is 1.